The van der Waals surface area contributed by atoms with E-state index in [1.165, 1.54) is 10.4 Å². The zero-order chi connectivity index (χ0) is 10.6. The molecule has 0 N–H and O–H groups in total. The fraction of sp³-hybridized carbons (Fsp3) is 0.667. The largest absolute Gasteiger partial charge is 0.214 e. The number of sulfonamides is 1. The summed E-state index contributed by atoms with van der Waals surface area (Å²) in [5, 5.41) is 8.47. The maximum absolute atomic E-state index is 11.5. The van der Waals surface area contributed by atoms with Gasteiger partial charge in [0.05, 0.1) is 11.8 Å². The van der Waals surface area contributed by atoms with Gasteiger partial charge in [-0.3, -0.25) is 0 Å². The summed E-state index contributed by atoms with van der Waals surface area (Å²) >= 11 is 0. The Morgan fingerprint density at radius 3 is 2.93 bits per heavy atom. The average Bonchev–Trinajstić information content (AvgIpc) is 2.19. The molecule has 5 heteroatoms. The highest BCUT2D eigenvalue weighted by atomic mass is 32.2. The van der Waals surface area contributed by atoms with Crippen molar-refractivity contribution in [1.82, 2.24) is 4.31 Å². The summed E-state index contributed by atoms with van der Waals surface area (Å²) in [5.41, 5.74) is 0.913. The van der Waals surface area contributed by atoms with E-state index in [1.807, 2.05) is 6.07 Å². The van der Waals surface area contributed by atoms with Crippen LogP contribution in [0, 0.1) is 11.3 Å². The van der Waals surface area contributed by atoms with Crippen LogP contribution in [0.1, 0.15) is 19.8 Å². The van der Waals surface area contributed by atoms with E-state index in [4.69, 9.17) is 5.26 Å². The van der Waals surface area contributed by atoms with E-state index < -0.39 is 10.0 Å². The van der Waals surface area contributed by atoms with Gasteiger partial charge in [0.15, 0.2) is 0 Å². The number of nitrogens with zero attached hydrogens (tertiary/aromatic N) is 2. The van der Waals surface area contributed by atoms with Crippen LogP contribution < -0.4 is 0 Å². The van der Waals surface area contributed by atoms with Gasteiger partial charge in [-0.25, -0.2) is 8.42 Å². The van der Waals surface area contributed by atoms with Gasteiger partial charge in [0.25, 0.3) is 0 Å². The molecule has 78 valence electrons. The number of rotatable bonds is 2. The van der Waals surface area contributed by atoms with E-state index in [-0.39, 0.29) is 5.75 Å². The maximum atomic E-state index is 11.5. The monoisotopic (exact) mass is 214 g/mol. The molecular weight excluding hydrogens is 200 g/mol. The first kappa shape index (κ1) is 11.2. The van der Waals surface area contributed by atoms with Crippen LogP contribution in [0.5, 0.6) is 0 Å². The molecule has 1 fully saturated rings. The first-order valence-corrected chi connectivity index (χ1v) is 6.26. The Labute approximate surface area is 84.9 Å². The summed E-state index contributed by atoms with van der Waals surface area (Å²) in [7, 11) is -3.09. The molecule has 0 aromatic heterocycles. The third-order valence-electron chi connectivity index (χ3n) is 2.31. The van der Waals surface area contributed by atoms with Crippen molar-refractivity contribution in [3.8, 4) is 6.07 Å². The molecule has 1 saturated heterocycles. The van der Waals surface area contributed by atoms with Crippen molar-refractivity contribution in [2.75, 3.05) is 18.8 Å². The molecule has 0 saturated carbocycles. The first-order valence-electron chi connectivity index (χ1n) is 4.65. The van der Waals surface area contributed by atoms with Gasteiger partial charge in [-0.1, -0.05) is 0 Å². The Kier molecular flexibility index (Phi) is 3.67. The summed E-state index contributed by atoms with van der Waals surface area (Å²) in [5.74, 6) is 0.132. The lowest BCUT2D eigenvalue weighted by Crippen LogP contribution is -2.37. The van der Waals surface area contributed by atoms with E-state index >= 15 is 0 Å². The normalized spacial score (nSPS) is 22.1. The van der Waals surface area contributed by atoms with Gasteiger partial charge >= 0.3 is 0 Å². The van der Waals surface area contributed by atoms with E-state index in [2.05, 4.69) is 0 Å². The Bertz CT molecular complexity index is 365. The second kappa shape index (κ2) is 4.58. The Hall–Kier alpha value is -0.860. The van der Waals surface area contributed by atoms with Crippen LogP contribution in [0.3, 0.4) is 0 Å². The third-order valence-corrected chi connectivity index (χ3v) is 4.14. The van der Waals surface area contributed by atoms with Gasteiger partial charge < -0.3 is 0 Å². The molecule has 14 heavy (non-hydrogen) atoms. The molecule has 1 heterocycles. The van der Waals surface area contributed by atoms with Gasteiger partial charge in [0.1, 0.15) is 0 Å². The third kappa shape index (κ3) is 2.56. The lowest BCUT2D eigenvalue weighted by atomic mass is 10.1. The van der Waals surface area contributed by atoms with Crippen LogP contribution in [0.4, 0.5) is 0 Å². The highest BCUT2D eigenvalue weighted by molar-refractivity contribution is 7.89. The van der Waals surface area contributed by atoms with Crippen LogP contribution >= 0.6 is 0 Å². The smallest absolute Gasteiger partial charge is 0.212 e. The summed E-state index contributed by atoms with van der Waals surface area (Å²) in [6.45, 7) is 2.61. The van der Waals surface area contributed by atoms with Gasteiger partial charge in [0, 0.05) is 19.2 Å². The molecule has 1 rings (SSSR count). The van der Waals surface area contributed by atoms with E-state index in [0.717, 1.165) is 18.4 Å². The minimum Gasteiger partial charge on any atom is -0.212 e. The summed E-state index contributed by atoms with van der Waals surface area (Å²) in [4.78, 5) is 0. The Morgan fingerprint density at radius 2 is 2.36 bits per heavy atom. The van der Waals surface area contributed by atoms with E-state index in [9.17, 15) is 8.42 Å². The van der Waals surface area contributed by atoms with Crippen LogP contribution in [0.15, 0.2) is 11.6 Å². The number of piperidine rings is 1. The van der Waals surface area contributed by atoms with Crippen LogP contribution in [0.25, 0.3) is 0 Å². The van der Waals surface area contributed by atoms with Crippen LogP contribution in [0.2, 0.25) is 0 Å². The predicted molar refractivity (Wildman–Crippen MR) is 54.0 cm³/mol. The number of nitriles is 1. The second-order valence-electron chi connectivity index (χ2n) is 3.27. The van der Waals surface area contributed by atoms with Gasteiger partial charge in [-0.15, -0.1) is 0 Å². The average molecular weight is 214 g/mol. The highest BCUT2D eigenvalue weighted by Crippen LogP contribution is 2.18. The van der Waals surface area contributed by atoms with Gasteiger partial charge in [0.2, 0.25) is 10.0 Å². The summed E-state index contributed by atoms with van der Waals surface area (Å²) < 4.78 is 24.5. The second-order valence-corrected chi connectivity index (χ2v) is 5.53. The van der Waals surface area contributed by atoms with Crippen molar-refractivity contribution in [2.45, 2.75) is 19.8 Å². The molecule has 0 aliphatic carbocycles. The number of hydrogen-bond acceptors (Lipinski definition) is 3. The molecule has 0 amide bonds. The fourth-order valence-corrected chi connectivity index (χ4v) is 2.63. The van der Waals surface area contributed by atoms with Crippen molar-refractivity contribution < 1.29 is 8.42 Å². The first-order chi connectivity index (χ1) is 6.60. The molecule has 0 aromatic carbocycles. The van der Waals surface area contributed by atoms with Crippen molar-refractivity contribution in [2.24, 2.45) is 0 Å². The molecule has 0 spiro atoms. The van der Waals surface area contributed by atoms with Crippen molar-refractivity contribution >= 4 is 10.0 Å². The van der Waals surface area contributed by atoms with E-state index in [1.54, 1.807) is 6.92 Å². The fourth-order valence-electron chi connectivity index (χ4n) is 1.50. The molecule has 0 radical (unpaired) electrons. The molecule has 4 nitrogen and oxygen atoms in total. The molecule has 0 unspecified atom stereocenters. The topological polar surface area (TPSA) is 61.2 Å². The van der Waals surface area contributed by atoms with Crippen molar-refractivity contribution in [3.05, 3.63) is 11.6 Å². The zero-order valence-corrected chi connectivity index (χ0v) is 9.05. The minimum atomic E-state index is -3.09. The molecule has 1 aliphatic heterocycles. The van der Waals surface area contributed by atoms with Gasteiger partial charge in [-0.2, -0.15) is 9.57 Å². The van der Waals surface area contributed by atoms with Crippen molar-refractivity contribution in [3.63, 3.8) is 0 Å². The van der Waals surface area contributed by atoms with E-state index in [0.29, 0.717) is 13.1 Å². The Balaban J connectivity index is 2.76. The van der Waals surface area contributed by atoms with Crippen LogP contribution in [-0.2, 0) is 10.0 Å². The lowest BCUT2D eigenvalue weighted by molar-refractivity contribution is 0.395. The maximum Gasteiger partial charge on any atom is 0.214 e. The van der Waals surface area contributed by atoms with Gasteiger partial charge in [-0.05, 0) is 25.3 Å². The lowest BCUT2D eigenvalue weighted by Gasteiger charge is -2.26. The molecule has 0 bridgehead atoms. The van der Waals surface area contributed by atoms with Crippen LogP contribution in [-0.4, -0.2) is 31.6 Å². The zero-order valence-electron chi connectivity index (χ0n) is 8.23. The quantitative estimate of drug-likeness (QED) is 0.641. The summed E-state index contributed by atoms with van der Waals surface area (Å²) in [6.07, 6.45) is 3.10. The standard InChI is InChI=1S/C9H14N2O2S/c1-2-14(12,13)11-7-3-4-9(8-11)5-6-10/h5H,2-4,7-8H2,1H3/b9-5-. The Morgan fingerprint density at radius 1 is 1.64 bits per heavy atom. The SMILES string of the molecule is CCS(=O)(=O)N1CCC/C(=C/C#N)C1. The highest BCUT2D eigenvalue weighted by Gasteiger charge is 2.23. The molecule has 0 aromatic rings. The molecule has 1 aliphatic rings. The molecule has 0 atom stereocenters. The predicted octanol–water partition coefficient (Wildman–Crippen LogP) is 0.882. The molecular formula is C9H14N2O2S. The van der Waals surface area contributed by atoms with Crippen molar-refractivity contribution in [1.29, 1.82) is 5.26 Å². The number of allylic oxidation sites excluding steroid dienone is 1. The summed E-state index contributed by atoms with van der Waals surface area (Å²) in [6, 6.07) is 1.94. The number of hydrogen-bond donors (Lipinski definition) is 0. The minimum absolute atomic E-state index is 0.132.